The molecular weight excluding hydrogens is 336 g/mol. The van der Waals surface area contributed by atoms with Crippen molar-refractivity contribution in [1.29, 1.82) is 0 Å². The predicted octanol–water partition coefficient (Wildman–Crippen LogP) is 4.37. The van der Waals surface area contributed by atoms with Crippen molar-refractivity contribution < 1.29 is 0 Å². The van der Waals surface area contributed by atoms with Crippen molar-refractivity contribution in [1.82, 2.24) is 19.8 Å². The molecule has 0 bridgehead atoms. The third kappa shape index (κ3) is 3.24. The van der Waals surface area contributed by atoms with E-state index in [4.69, 9.17) is 5.10 Å². The van der Waals surface area contributed by atoms with Gasteiger partial charge < -0.3 is 10.2 Å². The summed E-state index contributed by atoms with van der Waals surface area (Å²) in [6.07, 6.45) is 2.14. The Morgan fingerprint density at radius 3 is 2.30 bits per heavy atom. The van der Waals surface area contributed by atoms with Gasteiger partial charge in [0.05, 0.1) is 5.69 Å². The Labute approximate surface area is 160 Å². The van der Waals surface area contributed by atoms with E-state index in [0.717, 1.165) is 48.9 Å². The largest absolute Gasteiger partial charge is 0.366 e. The molecule has 4 rings (SSSR count). The van der Waals surface area contributed by atoms with Crippen molar-refractivity contribution in [3.63, 3.8) is 0 Å². The minimum Gasteiger partial charge on any atom is -0.366 e. The van der Waals surface area contributed by atoms with E-state index in [1.165, 1.54) is 11.1 Å². The topological polar surface area (TPSA) is 58.3 Å². The number of nitrogens with one attached hydrogen (secondary N) is 1. The molecular formula is C21H28N6. The molecule has 0 atom stereocenters. The van der Waals surface area contributed by atoms with Crippen LogP contribution < -0.4 is 10.2 Å². The van der Waals surface area contributed by atoms with Gasteiger partial charge in [-0.2, -0.15) is 4.52 Å². The van der Waals surface area contributed by atoms with Gasteiger partial charge in [0.15, 0.2) is 5.82 Å². The van der Waals surface area contributed by atoms with E-state index in [0.29, 0.717) is 6.04 Å². The minimum absolute atomic E-state index is 0.263. The highest BCUT2D eigenvalue weighted by atomic mass is 15.4. The lowest BCUT2D eigenvalue weighted by molar-refractivity contribution is 0.660. The first kappa shape index (κ1) is 17.8. The minimum atomic E-state index is 0.263. The summed E-state index contributed by atoms with van der Waals surface area (Å²) in [6, 6.07) is 11.2. The third-order valence-corrected chi connectivity index (χ3v) is 5.41. The molecule has 0 spiro atoms. The molecule has 27 heavy (non-hydrogen) atoms. The van der Waals surface area contributed by atoms with E-state index in [1.54, 1.807) is 0 Å². The van der Waals surface area contributed by atoms with Gasteiger partial charge in [-0.25, -0.2) is 0 Å². The quantitative estimate of drug-likeness (QED) is 0.704. The van der Waals surface area contributed by atoms with Crippen LogP contribution in [-0.4, -0.2) is 25.9 Å². The Bertz CT molecular complexity index is 916. The summed E-state index contributed by atoms with van der Waals surface area (Å²) in [5.74, 6) is 2.06. The molecule has 0 saturated heterocycles. The maximum atomic E-state index is 4.83. The highest BCUT2D eigenvalue weighted by molar-refractivity contribution is 5.72. The lowest BCUT2D eigenvalue weighted by Crippen LogP contribution is -2.21. The molecule has 6 nitrogen and oxygen atoms in total. The number of hydrogen-bond acceptors (Lipinski definition) is 5. The first-order valence-electron chi connectivity index (χ1n) is 9.95. The van der Waals surface area contributed by atoms with Gasteiger partial charge in [-0.05, 0) is 24.0 Å². The Hall–Kier alpha value is -2.63. The van der Waals surface area contributed by atoms with E-state index >= 15 is 0 Å². The van der Waals surface area contributed by atoms with E-state index in [9.17, 15) is 0 Å². The molecule has 1 aromatic carbocycles. The average molecular weight is 364 g/mol. The number of aromatic nitrogens is 4. The molecule has 0 radical (unpaired) electrons. The lowest BCUT2D eigenvalue weighted by Gasteiger charge is -2.21. The maximum absolute atomic E-state index is 4.83. The standard InChI is InChI=1S/C21H28N6/c1-5-17(6-2)22-19-11-18(21-24-23-20(14(3)4)27(21)25-19)26-12-15-9-7-8-10-16(15)13-26/h7-11,14,17H,5-6,12-13H2,1-4H3,(H,22,25). The second kappa shape index (κ2) is 7.18. The van der Waals surface area contributed by atoms with Gasteiger partial charge in [0, 0.05) is 31.1 Å². The van der Waals surface area contributed by atoms with Gasteiger partial charge in [0.25, 0.3) is 0 Å². The summed E-state index contributed by atoms with van der Waals surface area (Å²) < 4.78 is 1.92. The molecule has 1 aliphatic heterocycles. The van der Waals surface area contributed by atoms with Crippen LogP contribution in [0.4, 0.5) is 11.5 Å². The number of anilines is 2. The Morgan fingerprint density at radius 1 is 1.04 bits per heavy atom. The van der Waals surface area contributed by atoms with Crippen molar-refractivity contribution in [2.75, 3.05) is 10.2 Å². The van der Waals surface area contributed by atoms with Crippen LogP contribution in [0.1, 0.15) is 63.4 Å². The molecule has 0 amide bonds. The Morgan fingerprint density at radius 2 is 1.70 bits per heavy atom. The van der Waals surface area contributed by atoms with Crippen LogP contribution in [0.25, 0.3) is 5.65 Å². The predicted molar refractivity (Wildman–Crippen MR) is 109 cm³/mol. The van der Waals surface area contributed by atoms with Crippen LogP contribution in [0.15, 0.2) is 30.3 Å². The summed E-state index contributed by atoms with van der Waals surface area (Å²) in [5, 5.41) is 17.3. The fraction of sp³-hybridized carbons (Fsp3) is 0.476. The molecule has 3 aromatic rings. The summed E-state index contributed by atoms with van der Waals surface area (Å²) in [7, 11) is 0. The molecule has 0 fully saturated rings. The molecule has 2 aromatic heterocycles. The van der Waals surface area contributed by atoms with Crippen molar-refractivity contribution in [2.24, 2.45) is 0 Å². The Kier molecular flexibility index (Phi) is 4.72. The molecule has 142 valence electrons. The number of benzene rings is 1. The number of fused-ring (bicyclic) bond motifs is 2. The monoisotopic (exact) mass is 364 g/mol. The number of hydrogen-bond donors (Lipinski definition) is 1. The zero-order valence-corrected chi connectivity index (χ0v) is 16.6. The third-order valence-electron chi connectivity index (χ3n) is 5.41. The zero-order chi connectivity index (χ0) is 19.0. The van der Waals surface area contributed by atoms with Crippen molar-refractivity contribution in [3.05, 3.63) is 47.3 Å². The fourth-order valence-corrected chi connectivity index (χ4v) is 3.75. The lowest BCUT2D eigenvalue weighted by atomic mass is 10.1. The molecule has 1 aliphatic rings. The van der Waals surface area contributed by atoms with E-state index < -0.39 is 0 Å². The summed E-state index contributed by atoms with van der Waals surface area (Å²) in [6.45, 7) is 10.5. The maximum Gasteiger partial charge on any atom is 0.201 e. The van der Waals surface area contributed by atoms with Crippen LogP contribution in [0, 0.1) is 0 Å². The highest BCUT2D eigenvalue weighted by Gasteiger charge is 2.24. The molecule has 0 saturated carbocycles. The van der Waals surface area contributed by atoms with Crippen LogP contribution in [0.2, 0.25) is 0 Å². The van der Waals surface area contributed by atoms with Crippen LogP contribution in [0.5, 0.6) is 0 Å². The van der Waals surface area contributed by atoms with Crippen molar-refractivity contribution in [2.45, 2.75) is 65.6 Å². The smallest absolute Gasteiger partial charge is 0.201 e. The normalized spacial score (nSPS) is 13.8. The van der Waals surface area contributed by atoms with Crippen LogP contribution >= 0.6 is 0 Å². The SMILES string of the molecule is CCC(CC)Nc1cc(N2Cc3ccccc3C2)c2nnc(C(C)C)n2n1. The molecule has 0 unspecified atom stereocenters. The summed E-state index contributed by atoms with van der Waals surface area (Å²) in [5.41, 5.74) is 4.69. The van der Waals surface area contributed by atoms with Gasteiger partial charge >= 0.3 is 0 Å². The zero-order valence-electron chi connectivity index (χ0n) is 16.6. The van der Waals surface area contributed by atoms with Gasteiger partial charge in [-0.3, -0.25) is 0 Å². The van der Waals surface area contributed by atoms with Gasteiger partial charge in [-0.1, -0.05) is 52.0 Å². The molecule has 3 heterocycles. The average Bonchev–Trinajstić information content (AvgIpc) is 3.29. The Balaban J connectivity index is 1.79. The molecule has 1 N–H and O–H groups in total. The summed E-state index contributed by atoms with van der Waals surface area (Å²) >= 11 is 0. The fourth-order valence-electron chi connectivity index (χ4n) is 3.75. The van der Waals surface area contributed by atoms with Crippen LogP contribution in [0.3, 0.4) is 0 Å². The second-order valence-corrected chi connectivity index (χ2v) is 7.65. The van der Waals surface area contributed by atoms with Gasteiger partial charge in [0.1, 0.15) is 5.82 Å². The van der Waals surface area contributed by atoms with Gasteiger partial charge in [0.2, 0.25) is 5.65 Å². The number of nitrogens with zero attached hydrogens (tertiary/aromatic N) is 5. The van der Waals surface area contributed by atoms with E-state index in [2.05, 4.69) is 78.4 Å². The number of rotatable bonds is 6. The van der Waals surface area contributed by atoms with Crippen molar-refractivity contribution in [3.8, 4) is 0 Å². The first-order valence-corrected chi connectivity index (χ1v) is 9.95. The molecule has 6 heteroatoms. The van der Waals surface area contributed by atoms with Crippen LogP contribution in [-0.2, 0) is 13.1 Å². The summed E-state index contributed by atoms with van der Waals surface area (Å²) in [4.78, 5) is 2.37. The van der Waals surface area contributed by atoms with Crippen molar-refractivity contribution >= 4 is 17.2 Å². The molecule has 0 aliphatic carbocycles. The first-order chi connectivity index (χ1) is 13.1. The second-order valence-electron chi connectivity index (χ2n) is 7.65. The highest BCUT2D eigenvalue weighted by Crippen LogP contribution is 2.32. The van der Waals surface area contributed by atoms with E-state index in [1.807, 2.05) is 4.52 Å². The van der Waals surface area contributed by atoms with E-state index in [-0.39, 0.29) is 5.92 Å². The van der Waals surface area contributed by atoms with Gasteiger partial charge in [-0.15, -0.1) is 15.3 Å².